The van der Waals surface area contributed by atoms with Crippen molar-refractivity contribution in [2.45, 2.75) is 24.8 Å². The van der Waals surface area contributed by atoms with Gasteiger partial charge in [0.1, 0.15) is 5.70 Å². The van der Waals surface area contributed by atoms with Crippen molar-refractivity contribution < 1.29 is 14.3 Å². The van der Waals surface area contributed by atoms with E-state index in [4.69, 9.17) is 4.74 Å². The molecular weight excluding hydrogens is 346 g/mol. The Balaban J connectivity index is 1.66. The lowest BCUT2D eigenvalue weighted by atomic mass is 10.0. The predicted molar refractivity (Wildman–Crippen MR) is 101 cm³/mol. The Hall–Kier alpha value is -2.53. The van der Waals surface area contributed by atoms with Gasteiger partial charge in [0, 0.05) is 5.75 Å². The second-order valence-corrected chi connectivity index (χ2v) is 7.64. The van der Waals surface area contributed by atoms with Crippen LogP contribution in [0.2, 0.25) is 0 Å². The first-order chi connectivity index (χ1) is 12.6. The van der Waals surface area contributed by atoms with E-state index in [-0.39, 0.29) is 11.3 Å². The Kier molecular flexibility index (Phi) is 4.55. The second-order valence-electron chi connectivity index (χ2n) is 6.47. The topological polar surface area (TPSA) is 46.6 Å². The van der Waals surface area contributed by atoms with Gasteiger partial charge in [-0.25, -0.2) is 4.79 Å². The number of ether oxygens (including phenoxy) is 1. The van der Waals surface area contributed by atoms with E-state index in [9.17, 15) is 9.59 Å². The van der Waals surface area contributed by atoms with Crippen LogP contribution in [0.15, 0.2) is 71.9 Å². The van der Waals surface area contributed by atoms with Gasteiger partial charge in [0.2, 0.25) is 5.91 Å². The van der Waals surface area contributed by atoms with Gasteiger partial charge in [0.15, 0.2) is 6.10 Å². The fraction of sp³-hybridized carbons (Fsp3) is 0.238. The van der Waals surface area contributed by atoms with Crippen LogP contribution in [0.25, 0.3) is 0 Å². The maximum absolute atomic E-state index is 13.0. The molecule has 4 nitrogen and oxygen atoms in total. The summed E-state index contributed by atoms with van der Waals surface area (Å²) in [7, 11) is 0. The molecule has 2 aliphatic rings. The molecule has 0 N–H and O–H groups in total. The minimum absolute atomic E-state index is 0.00975. The summed E-state index contributed by atoms with van der Waals surface area (Å²) in [5.41, 5.74) is 3.12. The number of amides is 1. The van der Waals surface area contributed by atoms with Gasteiger partial charge in [-0.05, 0) is 23.6 Å². The van der Waals surface area contributed by atoms with Crippen molar-refractivity contribution in [2.24, 2.45) is 0 Å². The van der Waals surface area contributed by atoms with Crippen LogP contribution < -0.4 is 0 Å². The average Bonchev–Trinajstić information content (AvgIpc) is 2.67. The van der Waals surface area contributed by atoms with Crippen LogP contribution in [-0.2, 0) is 14.3 Å². The molecule has 0 aliphatic carbocycles. The lowest BCUT2D eigenvalue weighted by Crippen LogP contribution is -2.54. The molecule has 2 heterocycles. The molecule has 1 saturated heterocycles. The number of fused-ring (bicyclic) bond motifs is 1. The molecule has 132 valence electrons. The van der Waals surface area contributed by atoms with Gasteiger partial charge in [0.25, 0.3) is 0 Å². The van der Waals surface area contributed by atoms with Crippen LogP contribution in [0.4, 0.5) is 0 Å². The van der Waals surface area contributed by atoms with Crippen molar-refractivity contribution in [2.75, 3.05) is 5.75 Å². The Morgan fingerprint density at radius 3 is 2.19 bits per heavy atom. The molecule has 26 heavy (non-hydrogen) atoms. The van der Waals surface area contributed by atoms with E-state index in [0.717, 1.165) is 22.5 Å². The quantitative estimate of drug-likeness (QED) is 0.609. The van der Waals surface area contributed by atoms with E-state index >= 15 is 0 Å². The van der Waals surface area contributed by atoms with E-state index in [0.29, 0.717) is 12.1 Å². The highest BCUT2D eigenvalue weighted by molar-refractivity contribution is 8.00. The molecule has 0 bridgehead atoms. The number of hydrogen-bond donors (Lipinski definition) is 0. The molecule has 5 heteroatoms. The third-order valence-corrected chi connectivity index (χ3v) is 6.03. The predicted octanol–water partition coefficient (Wildman–Crippen LogP) is 3.90. The van der Waals surface area contributed by atoms with Gasteiger partial charge in [-0.3, -0.25) is 9.69 Å². The summed E-state index contributed by atoms with van der Waals surface area (Å²) < 4.78 is 5.93. The molecule has 2 aromatic rings. The van der Waals surface area contributed by atoms with Gasteiger partial charge in [-0.1, -0.05) is 60.7 Å². The van der Waals surface area contributed by atoms with E-state index in [2.05, 4.69) is 0 Å². The maximum Gasteiger partial charge on any atom is 0.356 e. The Bertz CT molecular complexity index is 824. The lowest BCUT2D eigenvalue weighted by molar-refractivity contribution is -0.151. The number of rotatable bonds is 4. The van der Waals surface area contributed by atoms with E-state index in [1.54, 1.807) is 16.7 Å². The zero-order valence-corrected chi connectivity index (χ0v) is 15.2. The van der Waals surface area contributed by atoms with Gasteiger partial charge in [-0.2, -0.15) is 0 Å². The molecule has 0 saturated carbocycles. The normalized spacial score (nSPS) is 19.2. The molecule has 2 aromatic carbocycles. The first kappa shape index (κ1) is 16.9. The van der Waals surface area contributed by atoms with Crippen LogP contribution in [0.3, 0.4) is 0 Å². The maximum atomic E-state index is 13.0. The SMILES string of the molecule is CC1=C(C(=O)OC(c2ccccc2)c2ccccc2)N2C(=O)C[C@H]2SC1. The molecule has 1 amide bonds. The monoisotopic (exact) mass is 365 g/mol. The number of carbonyl (C=O) groups is 2. The number of hydrogen-bond acceptors (Lipinski definition) is 4. The summed E-state index contributed by atoms with van der Waals surface area (Å²) in [6.45, 7) is 1.89. The Morgan fingerprint density at radius 1 is 1.08 bits per heavy atom. The summed E-state index contributed by atoms with van der Waals surface area (Å²) in [5, 5.41) is 0.0700. The van der Waals surface area contributed by atoms with Crippen LogP contribution in [0.5, 0.6) is 0 Å². The molecule has 1 fully saturated rings. The zero-order valence-electron chi connectivity index (χ0n) is 14.4. The minimum Gasteiger partial charge on any atom is -0.448 e. The minimum atomic E-state index is -0.505. The summed E-state index contributed by atoms with van der Waals surface area (Å²) in [6, 6.07) is 19.4. The number of esters is 1. The molecule has 1 atom stereocenters. The van der Waals surface area contributed by atoms with Gasteiger partial charge >= 0.3 is 5.97 Å². The standard InChI is InChI=1S/C21H19NO3S/c1-14-13-26-18-12-17(23)22(18)19(14)21(24)25-20(15-8-4-2-5-9-15)16-10-6-3-7-11-16/h2-11,18,20H,12-13H2,1H3/t18-/m1/s1. The molecule has 0 radical (unpaired) electrons. The largest absolute Gasteiger partial charge is 0.448 e. The van der Waals surface area contributed by atoms with E-state index in [1.807, 2.05) is 67.6 Å². The van der Waals surface area contributed by atoms with E-state index < -0.39 is 12.1 Å². The molecule has 4 rings (SSSR count). The Morgan fingerprint density at radius 2 is 1.65 bits per heavy atom. The fourth-order valence-corrected chi connectivity index (χ4v) is 4.52. The molecule has 0 unspecified atom stereocenters. The summed E-state index contributed by atoms with van der Waals surface area (Å²) in [4.78, 5) is 26.6. The summed E-state index contributed by atoms with van der Waals surface area (Å²) in [5.74, 6) is 0.309. The van der Waals surface area contributed by atoms with Crippen molar-refractivity contribution >= 4 is 23.6 Å². The summed E-state index contributed by atoms with van der Waals surface area (Å²) >= 11 is 1.70. The van der Waals surface area contributed by atoms with Crippen LogP contribution in [0.1, 0.15) is 30.6 Å². The van der Waals surface area contributed by atoms with Crippen molar-refractivity contribution in [3.8, 4) is 0 Å². The molecule has 0 aromatic heterocycles. The van der Waals surface area contributed by atoms with Crippen molar-refractivity contribution in [3.05, 3.63) is 83.1 Å². The number of β-lactam (4-membered cyclic amide) rings is 1. The van der Waals surface area contributed by atoms with Gasteiger partial charge < -0.3 is 4.74 Å². The third kappa shape index (κ3) is 3.03. The van der Waals surface area contributed by atoms with Crippen LogP contribution in [0, 0.1) is 0 Å². The number of thioether (sulfide) groups is 1. The zero-order chi connectivity index (χ0) is 18.1. The third-order valence-electron chi connectivity index (χ3n) is 4.67. The first-order valence-electron chi connectivity index (χ1n) is 8.59. The summed E-state index contributed by atoms with van der Waals surface area (Å²) in [6.07, 6.45) is -0.00943. The average molecular weight is 365 g/mol. The van der Waals surface area contributed by atoms with Gasteiger partial charge in [0.05, 0.1) is 11.8 Å². The van der Waals surface area contributed by atoms with Gasteiger partial charge in [-0.15, -0.1) is 11.8 Å². The van der Waals surface area contributed by atoms with E-state index in [1.165, 1.54) is 0 Å². The Labute approximate surface area is 156 Å². The van der Waals surface area contributed by atoms with Crippen molar-refractivity contribution in [3.63, 3.8) is 0 Å². The number of carbonyl (C=O) groups excluding carboxylic acids is 2. The van der Waals surface area contributed by atoms with Crippen molar-refractivity contribution in [1.82, 2.24) is 4.90 Å². The second kappa shape index (κ2) is 7.00. The first-order valence-corrected chi connectivity index (χ1v) is 9.64. The molecule has 0 spiro atoms. The molecule has 2 aliphatic heterocycles. The number of nitrogens with zero attached hydrogens (tertiary/aromatic N) is 1. The lowest BCUT2D eigenvalue weighted by Gasteiger charge is -2.44. The highest BCUT2D eigenvalue weighted by Gasteiger charge is 2.45. The fourth-order valence-electron chi connectivity index (χ4n) is 3.30. The molecular formula is C21H19NO3S. The van der Waals surface area contributed by atoms with Crippen LogP contribution >= 0.6 is 11.8 Å². The smallest absolute Gasteiger partial charge is 0.356 e. The van der Waals surface area contributed by atoms with Crippen LogP contribution in [-0.4, -0.2) is 27.9 Å². The van der Waals surface area contributed by atoms with Crippen molar-refractivity contribution in [1.29, 1.82) is 0 Å². The number of benzene rings is 2. The highest BCUT2D eigenvalue weighted by Crippen LogP contribution is 2.40. The highest BCUT2D eigenvalue weighted by atomic mass is 32.2.